The van der Waals surface area contributed by atoms with Crippen molar-refractivity contribution >= 4 is 19.7 Å². The zero-order valence-corrected chi connectivity index (χ0v) is 14.3. The zero-order chi connectivity index (χ0) is 15.4. The van der Waals surface area contributed by atoms with E-state index in [2.05, 4.69) is 5.32 Å². The molecule has 5 nitrogen and oxygen atoms in total. The fraction of sp³-hybridized carbons (Fsp3) is 1.00. The maximum atomic E-state index is 11.6. The molecule has 0 aromatic heterocycles. The second-order valence-corrected chi connectivity index (χ2v) is 10.7. The minimum absolute atomic E-state index is 0.0957. The third-order valence-corrected chi connectivity index (χ3v) is 7.49. The molecule has 0 aromatic carbocycles. The van der Waals surface area contributed by atoms with Crippen LogP contribution in [0.3, 0.4) is 0 Å². The van der Waals surface area contributed by atoms with E-state index in [0.717, 1.165) is 0 Å². The van der Waals surface area contributed by atoms with Gasteiger partial charge in [0.25, 0.3) is 0 Å². The summed E-state index contributed by atoms with van der Waals surface area (Å²) in [5.41, 5.74) is 0. The average Bonchev–Trinajstić information content (AvgIpc) is 2.69. The second-order valence-electron chi connectivity index (χ2n) is 6.01. The first kappa shape index (κ1) is 17.9. The molecule has 1 saturated heterocycles. The van der Waals surface area contributed by atoms with Crippen LogP contribution in [-0.4, -0.2) is 52.4 Å². The van der Waals surface area contributed by atoms with Gasteiger partial charge in [-0.1, -0.05) is 20.8 Å². The lowest BCUT2D eigenvalue weighted by atomic mass is 9.89. The van der Waals surface area contributed by atoms with Gasteiger partial charge >= 0.3 is 0 Å². The number of rotatable bonds is 8. The summed E-state index contributed by atoms with van der Waals surface area (Å²) in [7, 11) is -5.90. The molecular formula is C13H27NO4S2. The molecule has 1 heterocycles. The van der Waals surface area contributed by atoms with Crippen LogP contribution in [0, 0.1) is 11.8 Å². The van der Waals surface area contributed by atoms with Gasteiger partial charge in [-0.2, -0.15) is 0 Å². The van der Waals surface area contributed by atoms with E-state index >= 15 is 0 Å². The highest BCUT2D eigenvalue weighted by Crippen LogP contribution is 2.28. The van der Waals surface area contributed by atoms with Crippen LogP contribution in [0.5, 0.6) is 0 Å². The van der Waals surface area contributed by atoms with Crippen LogP contribution >= 0.6 is 0 Å². The molecule has 0 aliphatic carbocycles. The highest BCUT2D eigenvalue weighted by atomic mass is 32.2. The smallest absolute Gasteiger partial charge is 0.150 e. The fourth-order valence-electron chi connectivity index (χ4n) is 2.56. The van der Waals surface area contributed by atoms with Crippen molar-refractivity contribution in [2.24, 2.45) is 11.8 Å². The van der Waals surface area contributed by atoms with Crippen molar-refractivity contribution < 1.29 is 16.8 Å². The summed E-state index contributed by atoms with van der Waals surface area (Å²) in [6.45, 7) is 6.41. The van der Waals surface area contributed by atoms with E-state index in [1.165, 1.54) is 0 Å². The molecule has 0 aromatic rings. The Morgan fingerprint density at radius 1 is 1.30 bits per heavy atom. The van der Waals surface area contributed by atoms with Crippen LogP contribution in [0.2, 0.25) is 0 Å². The Labute approximate surface area is 123 Å². The van der Waals surface area contributed by atoms with E-state index in [9.17, 15) is 16.8 Å². The fourth-order valence-corrected chi connectivity index (χ4v) is 5.43. The summed E-state index contributed by atoms with van der Waals surface area (Å²) in [5.74, 6) is 0.986. The molecule has 1 fully saturated rings. The van der Waals surface area contributed by atoms with Crippen LogP contribution in [0.1, 0.15) is 33.6 Å². The lowest BCUT2D eigenvalue weighted by Crippen LogP contribution is -2.34. The van der Waals surface area contributed by atoms with Crippen molar-refractivity contribution in [3.8, 4) is 0 Å². The molecule has 1 N–H and O–H groups in total. The first-order valence-corrected chi connectivity index (χ1v) is 10.9. The minimum atomic E-state index is -2.99. The minimum Gasteiger partial charge on any atom is -0.314 e. The van der Waals surface area contributed by atoms with Crippen LogP contribution in [0.4, 0.5) is 0 Å². The van der Waals surface area contributed by atoms with Crippen molar-refractivity contribution in [3.63, 3.8) is 0 Å². The Bertz CT molecular complexity index is 496. The molecule has 7 heteroatoms. The van der Waals surface area contributed by atoms with Gasteiger partial charge in [-0.3, -0.25) is 0 Å². The van der Waals surface area contributed by atoms with Gasteiger partial charge in [0.2, 0.25) is 0 Å². The molecule has 2 unspecified atom stereocenters. The van der Waals surface area contributed by atoms with Gasteiger partial charge in [-0.05, 0) is 31.2 Å². The number of hydrogen-bond acceptors (Lipinski definition) is 5. The summed E-state index contributed by atoms with van der Waals surface area (Å²) in [6.07, 6.45) is 1.22. The third kappa shape index (κ3) is 6.10. The maximum Gasteiger partial charge on any atom is 0.150 e. The van der Waals surface area contributed by atoms with Crippen molar-refractivity contribution in [3.05, 3.63) is 0 Å². The van der Waals surface area contributed by atoms with Crippen LogP contribution in [0.15, 0.2) is 0 Å². The van der Waals surface area contributed by atoms with E-state index in [-0.39, 0.29) is 34.8 Å². The monoisotopic (exact) mass is 325 g/mol. The first-order valence-electron chi connectivity index (χ1n) is 7.29. The summed E-state index contributed by atoms with van der Waals surface area (Å²) in [6, 6.07) is 0.318. The van der Waals surface area contributed by atoms with Crippen molar-refractivity contribution in [1.29, 1.82) is 0 Å². The number of sulfone groups is 2. The van der Waals surface area contributed by atoms with E-state index in [1.54, 1.807) is 6.92 Å². The standard InChI is InChI=1S/C13H27NO4S2/c1-4-19(15,16)7-5-12(9-14-11(2)3)13-6-8-20(17,18)10-13/h11-14H,4-10H2,1-3H3. The predicted molar refractivity (Wildman–Crippen MR) is 82.3 cm³/mol. The van der Waals surface area contributed by atoms with Gasteiger partial charge < -0.3 is 5.32 Å². The van der Waals surface area contributed by atoms with Gasteiger partial charge in [0.1, 0.15) is 9.84 Å². The van der Waals surface area contributed by atoms with Crippen LogP contribution in [-0.2, 0) is 19.7 Å². The van der Waals surface area contributed by atoms with Crippen molar-refractivity contribution in [2.45, 2.75) is 39.7 Å². The lowest BCUT2D eigenvalue weighted by Gasteiger charge is -2.24. The zero-order valence-electron chi connectivity index (χ0n) is 12.6. The molecule has 1 aliphatic heterocycles. The number of nitrogens with one attached hydrogen (secondary N) is 1. The van der Waals surface area contributed by atoms with E-state index in [1.807, 2.05) is 13.8 Å². The molecule has 1 rings (SSSR count). The van der Waals surface area contributed by atoms with E-state index in [0.29, 0.717) is 25.4 Å². The van der Waals surface area contributed by atoms with E-state index < -0.39 is 19.7 Å². The van der Waals surface area contributed by atoms with E-state index in [4.69, 9.17) is 0 Å². The van der Waals surface area contributed by atoms with Crippen molar-refractivity contribution in [1.82, 2.24) is 5.32 Å². The molecule has 0 bridgehead atoms. The molecule has 1 aliphatic rings. The van der Waals surface area contributed by atoms with Crippen molar-refractivity contribution in [2.75, 3.05) is 29.6 Å². The summed E-state index contributed by atoms with van der Waals surface area (Å²) < 4.78 is 46.5. The SMILES string of the molecule is CCS(=O)(=O)CCC(CNC(C)C)C1CCS(=O)(=O)C1. The Balaban J connectivity index is 2.65. The molecule has 0 amide bonds. The van der Waals surface area contributed by atoms with Gasteiger partial charge in [-0.25, -0.2) is 16.8 Å². The molecule has 120 valence electrons. The summed E-state index contributed by atoms with van der Waals surface area (Å²) in [4.78, 5) is 0. The predicted octanol–water partition coefficient (Wildman–Crippen LogP) is 0.860. The lowest BCUT2D eigenvalue weighted by molar-refractivity contribution is 0.327. The Morgan fingerprint density at radius 2 is 1.95 bits per heavy atom. The van der Waals surface area contributed by atoms with Crippen LogP contribution < -0.4 is 5.32 Å². The largest absolute Gasteiger partial charge is 0.314 e. The van der Waals surface area contributed by atoms with Gasteiger partial charge in [-0.15, -0.1) is 0 Å². The van der Waals surface area contributed by atoms with Gasteiger partial charge in [0.05, 0.1) is 17.3 Å². The second kappa shape index (κ2) is 7.22. The highest BCUT2D eigenvalue weighted by Gasteiger charge is 2.33. The van der Waals surface area contributed by atoms with Crippen LogP contribution in [0.25, 0.3) is 0 Å². The Morgan fingerprint density at radius 3 is 2.40 bits per heavy atom. The molecular weight excluding hydrogens is 298 g/mol. The molecule has 0 spiro atoms. The normalized spacial score (nSPS) is 24.1. The summed E-state index contributed by atoms with van der Waals surface area (Å²) in [5, 5.41) is 3.31. The first-order chi connectivity index (χ1) is 9.15. The van der Waals surface area contributed by atoms with Gasteiger partial charge in [0, 0.05) is 11.8 Å². The average molecular weight is 325 g/mol. The number of hydrogen-bond donors (Lipinski definition) is 1. The Hall–Kier alpha value is -0.140. The molecule has 0 saturated carbocycles. The molecule has 0 radical (unpaired) electrons. The quantitative estimate of drug-likeness (QED) is 0.716. The summed E-state index contributed by atoms with van der Waals surface area (Å²) >= 11 is 0. The highest BCUT2D eigenvalue weighted by molar-refractivity contribution is 7.91. The molecule has 2 atom stereocenters. The third-order valence-electron chi connectivity index (χ3n) is 3.96. The Kier molecular flexibility index (Phi) is 6.47. The maximum absolute atomic E-state index is 11.6. The van der Waals surface area contributed by atoms with Gasteiger partial charge in [0.15, 0.2) is 9.84 Å². The molecule has 20 heavy (non-hydrogen) atoms. The topological polar surface area (TPSA) is 80.3 Å².